The molecule has 2 rings (SSSR count). The number of hydrogen-bond donors (Lipinski definition) is 3. The van der Waals surface area contributed by atoms with Gasteiger partial charge in [0.15, 0.2) is 0 Å². The van der Waals surface area contributed by atoms with Crippen molar-refractivity contribution in [2.75, 3.05) is 26.0 Å². The Bertz CT molecular complexity index is 689. The fourth-order valence-corrected chi connectivity index (χ4v) is 2.35. The van der Waals surface area contributed by atoms with E-state index in [-0.39, 0.29) is 5.69 Å². The molecule has 7 heteroatoms. The molecule has 1 atom stereocenters. The Morgan fingerprint density at radius 2 is 1.96 bits per heavy atom. The van der Waals surface area contributed by atoms with E-state index in [1.807, 2.05) is 6.07 Å². The highest BCUT2D eigenvalue weighted by Gasteiger charge is 2.13. The van der Waals surface area contributed by atoms with Crippen LogP contribution >= 0.6 is 0 Å². The van der Waals surface area contributed by atoms with Crippen LogP contribution in [0.3, 0.4) is 0 Å². The summed E-state index contributed by atoms with van der Waals surface area (Å²) < 4.78 is 5.08. The molecule has 0 saturated carbocycles. The van der Waals surface area contributed by atoms with E-state index in [0.29, 0.717) is 18.8 Å². The summed E-state index contributed by atoms with van der Waals surface area (Å²) in [5.41, 5.74) is 2.07. The summed E-state index contributed by atoms with van der Waals surface area (Å²) in [5.74, 6) is 0.732. The van der Waals surface area contributed by atoms with Crippen molar-refractivity contribution in [1.82, 2.24) is 5.32 Å². The number of aliphatic hydroxyl groups is 1. The number of nitrogens with one attached hydrogen (secondary N) is 2. The third-order valence-electron chi connectivity index (χ3n) is 3.70. The van der Waals surface area contributed by atoms with Gasteiger partial charge in [-0.05, 0) is 29.3 Å². The lowest BCUT2D eigenvalue weighted by molar-refractivity contribution is -0.384. The number of methoxy groups -OCH3 is 1. The number of aliphatic hydroxyl groups excluding tert-OH is 1. The van der Waals surface area contributed by atoms with Crippen LogP contribution in [0.15, 0.2) is 42.5 Å². The van der Waals surface area contributed by atoms with Crippen LogP contribution in [0.25, 0.3) is 0 Å². The van der Waals surface area contributed by atoms with Gasteiger partial charge in [-0.15, -0.1) is 0 Å². The third kappa shape index (κ3) is 4.43. The zero-order chi connectivity index (χ0) is 17.5. The summed E-state index contributed by atoms with van der Waals surface area (Å²) in [6.45, 7) is 0.770. The predicted octanol–water partition coefficient (Wildman–Crippen LogP) is 2.47. The van der Waals surface area contributed by atoms with Gasteiger partial charge in [-0.2, -0.15) is 0 Å². The predicted molar refractivity (Wildman–Crippen MR) is 92.3 cm³/mol. The van der Waals surface area contributed by atoms with Gasteiger partial charge >= 0.3 is 0 Å². The van der Waals surface area contributed by atoms with Crippen molar-refractivity contribution in [1.29, 1.82) is 0 Å². The highest BCUT2D eigenvalue weighted by Crippen LogP contribution is 2.25. The van der Waals surface area contributed by atoms with Crippen LogP contribution < -0.4 is 15.4 Å². The minimum atomic E-state index is -0.664. The van der Waals surface area contributed by atoms with Crippen LogP contribution in [0.1, 0.15) is 17.2 Å². The zero-order valence-corrected chi connectivity index (χ0v) is 13.7. The number of rotatable bonds is 8. The molecule has 24 heavy (non-hydrogen) atoms. The number of anilines is 1. The molecule has 0 radical (unpaired) electrons. The van der Waals surface area contributed by atoms with Crippen LogP contribution in [0, 0.1) is 10.1 Å². The molecule has 0 aromatic heterocycles. The molecule has 0 spiro atoms. The van der Waals surface area contributed by atoms with E-state index < -0.39 is 11.0 Å². The lowest BCUT2D eigenvalue weighted by atomic mass is 10.1. The molecule has 128 valence electrons. The van der Waals surface area contributed by atoms with Gasteiger partial charge in [0, 0.05) is 26.2 Å². The van der Waals surface area contributed by atoms with Crippen LogP contribution in [-0.2, 0) is 6.54 Å². The molecule has 3 N–H and O–H groups in total. The summed E-state index contributed by atoms with van der Waals surface area (Å²) in [7, 11) is 3.23. The monoisotopic (exact) mass is 331 g/mol. The van der Waals surface area contributed by atoms with E-state index in [1.165, 1.54) is 6.07 Å². The SMILES string of the molecule is CNc1ccc(CNCC(O)c2ccc(OC)cc2)cc1[N+](=O)[O-]. The van der Waals surface area contributed by atoms with E-state index in [2.05, 4.69) is 10.6 Å². The molecular weight excluding hydrogens is 310 g/mol. The molecule has 0 bridgehead atoms. The van der Waals surface area contributed by atoms with Gasteiger partial charge in [0.2, 0.25) is 0 Å². The average Bonchev–Trinajstić information content (AvgIpc) is 2.61. The van der Waals surface area contributed by atoms with E-state index >= 15 is 0 Å². The van der Waals surface area contributed by atoms with Gasteiger partial charge < -0.3 is 20.5 Å². The lowest BCUT2D eigenvalue weighted by Gasteiger charge is -2.13. The van der Waals surface area contributed by atoms with Crippen molar-refractivity contribution in [2.24, 2.45) is 0 Å². The van der Waals surface area contributed by atoms with Crippen LogP contribution in [0.4, 0.5) is 11.4 Å². The van der Waals surface area contributed by atoms with Gasteiger partial charge in [-0.1, -0.05) is 18.2 Å². The second-order valence-electron chi connectivity index (χ2n) is 5.28. The first-order chi connectivity index (χ1) is 11.5. The van der Waals surface area contributed by atoms with Crippen molar-refractivity contribution < 1.29 is 14.8 Å². The van der Waals surface area contributed by atoms with Crippen molar-refractivity contribution in [3.8, 4) is 5.75 Å². The van der Waals surface area contributed by atoms with Crippen LogP contribution in [-0.4, -0.2) is 30.7 Å². The molecule has 0 fully saturated rings. The topological polar surface area (TPSA) is 96.7 Å². The quantitative estimate of drug-likeness (QED) is 0.508. The lowest BCUT2D eigenvalue weighted by Crippen LogP contribution is -2.21. The first-order valence-electron chi connectivity index (χ1n) is 7.53. The smallest absolute Gasteiger partial charge is 0.292 e. The number of nitro benzene ring substituents is 1. The maximum Gasteiger partial charge on any atom is 0.292 e. The van der Waals surface area contributed by atoms with Crippen molar-refractivity contribution in [3.05, 3.63) is 63.7 Å². The molecule has 2 aromatic rings. The van der Waals surface area contributed by atoms with Crippen molar-refractivity contribution in [2.45, 2.75) is 12.6 Å². The summed E-state index contributed by atoms with van der Waals surface area (Å²) >= 11 is 0. The molecule has 0 amide bonds. The van der Waals surface area contributed by atoms with Gasteiger partial charge in [0.1, 0.15) is 11.4 Å². The standard InChI is InChI=1S/C17H21N3O4/c1-18-15-8-3-12(9-16(15)20(22)23)10-19-11-17(21)13-4-6-14(24-2)7-5-13/h3-9,17-19,21H,10-11H2,1-2H3. The molecule has 0 aliphatic heterocycles. The van der Waals surface area contributed by atoms with Crippen LogP contribution in [0.5, 0.6) is 5.75 Å². The highest BCUT2D eigenvalue weighted by atomic mass is 16.6. The number of ether oxygens (including phenoxy) is 1. The Balaban J connectivity index is 1.93. The zero-order valence-electron chi connectivity index (χ0n) is 13.7. The molecule has 7 nitrogen and oxygen atoms in total. The first kappa shape index (κ1) is 17.7. The second kappa shape index (κ2) is 8.28. The molecule has 0 saturated heterocycles. The third-order valence-corrected chi connectivity index (χ3v) is 3.70. The maximum atomic E-state index is 11.0. The fourth-order valence-electron chi connectivity index (χ4n) is 2.35. The minimum Gasteiger partial charge on any atom is -0.497 e. The maximum absolute atomic E-state index is 11.0. The fraction of sp³-hybridized carbons (Fsp3) is 0.294. The van der Waals surface area contributed by atoms with Gasteiger partial charge in [-0.3, -0.25) is 10.1 Å². The summed E-state index contributed by atoms with van der Waals surface area (Å²) in [6, 6.07) is 12.2. The van der Waals surface area contributed by atoms with E-state index in [9.17, 15) is 15.2 Å². The largest absolute Gasteiger partial charge is 0.497 e. The average molecular weight is 331 g/mol. The molecule has 0 heterocycles. The Morgan fingerprint density at radius 1 is 1.25 bits per heavy atom. The van der Waals surface area contributed by atoms with Gasteiger partial charge in [0.25, 0.3) is 5.69 Å². The molecule has 0 aliphatic carbocycles. The Morgan fingerprint density at radius 3 is 2.54 bits per heavy atom. The number of nitro groups is 1. The minimum absolute atomic E-state index is 0.0347. The Hall–Kier alpha value is -2.64. The number of hydrogen-bond acceptors (Lipinski definition) is 6. The molecular formula is C17H21N3O4. The first-order valence-corrected chi connectivity index (χ1v) is 7.53. The number of benzene rings is 2. The number of nitrogens with zero attached hydrogens (tertiary/aromatic N) is 1. The summed E-state index contributed by atoms with van der Waals surface area (Å²) in [5, 5.41) is 27.1. The molecule has 0 aliphatic rings. The van der Waals surface area contributed by atoms with Gasteiger partial charge in [0.05, 0.1) is 18.1 Å². The van der Waals surface area contributed by atoms with Crippen LogP contribution in [0.2, 0.25) is 0 Å². The second-order valence-corrected chi connectivity index (χ2v) is 5.28. The Kier molecular flexibility index (Phi) is 6.11. The normalized spacial score (nSPS) is 11.8. The molecule has 1 unspecified atom stereocenters. The van der Waals surface area contributed by atoms with E-state index in [4.69, 9.17) is 4.74 Å². The Labute approximate surface area is 140 Å². The van der Waals surface area contributed by atoms with E-state index in [1.54, 1.807) is 44.5 Å². The van der Waals surface area contributed by atoms with Gasteiger partial charge in [-0.25, -0.2) is 0 Å². The van der Waals surface area contributed by atoms with E-state index in [0.717, 1.165) is 16.9 Å². The molecule has 2 aromatic carbocycles. The van der Waals surface area contributed by atoms with Crippen molar-refractivity contribution >= 4 is 11.4 Å². The summed E-state index contributed by atoms with van der Waals surface area (Å²) in [6.07, 6.45) is -0.664. The summed E-state index contributed by atoms with van der Waals surface area (Å²) in [4.78, 5) is 10.6. The van der Waals surface area contributed by atoms with Crippen molar-refractivity contribution in [3.63, 3.8) is 0 Å². The highest BCUT2D eigenvalue weighted by molar-refractivity contribution is 5.62.